The van der Waals surface area contributed by atoms with Crippen molar-refractivity contribution in [3.8, 4) is 0 Å². The molecular weight excluding hydrogens is 307 g/mol. The van der Waals surface area contributed by atoms with Gasteiger partial charge in [-0.2, -0.15) is 0 Å². The van der Waals surface area contributed by atoms with Crippen LogP contribution in [0.2, 0.25) is 0 Å². The largest absolute Gasteiger partial charge is 0.396 e. The molecule has 4 nitrogen and oxygen atoms in total. The molecule has 0 radical (unpaired) electrons. The van der Waals surface area contributed by atoms with Gasteiger partial charge < -0.3 is 10.4 Å². The Hall–Kier alpha value is -2.53. The van der Waals surface area contributed by atoms with Crippen LogP contribution in [0.15, 0.2) is 54.7 Å². The van der Waals surface area contributed by atoms with Crippen LogP contribution < -0.4 is 5.32 Å². The maximum atomic E-state index is 12.9. The lowest BCUT2D eigenvalue weighted by atomic mass is 10.0. The van der Waals surface area contributed by atoms with E-state index in [1.807, 2.05) is 18.2 Å². The summed E-state index contributed by atoms with van der Waals surface area (Å²) in [6.45, 7) is 2.13. The monoisotopic (exact) mass is 328 g/mol. The van der Waals surface area contributed by atoms with Crippen LogP contribution in [-0.2, 0) is 11.2 Å². The molecule has 1 unspecified atom stereocenters. The van der Waals surface area contributed by atoms with Gasteiger partial charge in [0, 0.05) is 37.0 Å². The second-order valence-corrected chi connectivity index (χ2v) is 5.65. The van der Waals surface area contributed by atoms with Gasteiger partial charge in [0.15, 0.2) is 0 Å². The number of hydrogen-bond acceptors (Lipinski definition) is 3. The van der Waals surface area contributed by atoms with Gasteiger partial charge >= 0.3 is 0 Å². The Kier molecular flexibility index (Phi) is 6.63. The number of nitrogens with one attached hydrogen (secondary N) is 1. The first-order valence-corrected chi connectivity index (χ1v) is 7.81. The number of aliphatic hydroxyl groups is 1. The van der Waals surface area contributed by atoms with Crippen molar-refractivity contribution in [3.05, 3.63) is 71.8 Å². The number of nitrogens with zero attached hydrogens (tertiary/aromatic N) is 1. The smallest absolute Gasteiger partial charge is 0.244 e. The Balaban J connectivity index is 1.89. The van der Waals surface area contributed by atoms with Gasteiger partial charge in [0.25, 0.3) is 0 Å². The highest BCUT2D eigenvalue weighted by atomic mass is 19.1. The summed E-state index contributed by atoms with van der Waals surface area (Å²) in [6.07, 6.45) is 3.78. The third-order valence-corrected chi connectivity index (χ3v) is 3.69. The van der Waals surface area contributed by atoms with Crippen LogP contribution in [0.5, 0.6) is 0 Å². The van der Waals surface area contributed by atoms with Crippen molar-refractivity contribution in [2.45, 2.75) is 13.3 Å². The molecule has 0 bridgehead atoms. The molecule has 5 heteroatoms. The van der Waals surface area contributed by atoms with Gasteiger partial charge in [0.1, 0.15) is 5.82 Å². The molecular formula is C19H21FN2O2. The van der Waals surface area contributed by atoms with Crippen LogP contribution in [-0.4, -0.2) is 29.1 Å². The summed E-state index contributed by atoms with van der Waals surface area (Å²) in [5.41, 5.74) is 2.42. The van der Waals surface area contributed by atoms with E-state index in [2.05, 4.69) is 10.3 Å². The SMILES string of the molecule is C/C(=C/C(=O)NCC(CO)Cc1ccccn1)c1ccc(F)cc1. The lowest BCUT2D eigenvalue weighted by Gasteiger charge is -2.14. The molecule has 2 N–H and O–H groups in total. The average molecular weight is 328 g/mol. The summed E-state index contributed by atoms with van der Waals surface area (Å²) in [5, 5.41) is 12.2. The summed E-state index contributed by atoms with van der Waals surface area (Å²) < 4.78 is 12.9. The number of carbonyl (C=O) groups excluding carboxylic acids is 1. The summed E-state index contributed by atoms with van der Waals surface area (Å²) in [5.74, 6) is -0.643. The number of allylic oxidation sites excluding steroid dienone is 1. The topological polar surface area (TPSA) is 62.2 Å². The minimum Gasteiger partial charge on any atom is -0.396 e. The zero-order chi connectivity index (χ0) is 17.4. The summed E-state index contributed by atoms with van der Waals surface area (Å²) >= 11 is 0. The second kappa shape index (κ2) is 8.93. The van der Waals surface area contributed by atoms with Crippen molar-refractivity contribution >= 4 is 11.5 Å². The molecule has 0 aliphatic carbocycles. The molecule has 0 spiro atoms. The number of aliphatic hydroxyl groups excluding tert-OH is 1. The van der Waals surface area contributed by atoms with Crippen LogP contribution in [0.25, 0.3) is 5.57 Å². The molecule has 0 aliphatic rings. The first kappa shape index (κ1) is 17.8. The molecule has 2 aromatic rings. The number of carbonyl (C=O) groups is 1. The predicted octanol–water partition coefficient (Wildman–Crippen LogP) is 2.59. The van der Waals surface area contributed by atoms with E-state index < -0.39 is 0 Å². The highest BCUT2D eigenvalue weighted by Gasteiger charge is 2.11. The van der Waals surface area contributed by atoms with Crippen LogP contribution >= 0.6 is 0 Å². The Morgan fingerprint density at radius 1 is 1.29 bits per heavy atom. The molecule has 0 saturated carbocycles. The highest BCUT2D eigenvalue weighted by molar-refractivity contribution is 5.94. The Morgan fingerprint density at radius 3 is 2.67 bits per heavy atom. The maximum Gasteiger partial charge on any atom is 0.244 e. The molecule has 1 heterocycles. The summed E-state index contributed by atoms with van der Waals surface area (Å²) in [7, 11) is 0. The second-order valence-electron chi connectivity index (χ2n) is 5.65. The lowest BCUT2D eigenvalue weighted by molar-refractivity contribution is -0.116. The van der Waals surface area contributed by atoms with E-state index in [1.54, 1.807) is 25.3 Å². The van der Waals surface area contributed by atoms with Gasteiger partial charge in [-0.05, 0) is 48.7 Å². The molecule has 0 saturated heterocycles. The summed E-state index contributed by atoms with van der Waals surface area (Å²) in [4.78, 5) is 16.2. The molecule has 1 aromatic heterocycles. The van der Waals surface area contributed by atoms with Gasteiger partial charge in [-0.15, -0.1) is 0 Å². The molecule has 1 atom stereocenters. The quantitative estimate of drug-likeness (QED) is 0.768. The number of pyridine rings is 1. The molecule has 126 valence electrons. The van der Waals surface area contributed by atoms with E-state index in [0.29, 0.717) is 13.0 Å². The fourth-order valence-electron chi connectivity index (χ4n) is 2.30. The van der Waals surface area contributed by atoms with Gasteiger partial charge in [0.05, 0.1) is 0 Å². The molecule has 1 aromatic carbocycles. The summed E-state index contributed by atoms with van der Waals surface area (Å²) in [6, 6.07) is 11.6. The number of hydrogen-bond donors (Lipinski definition) is 2. The first-order chi connectivity index (χ1) is 11.6. The fourth-order valence-corrected chi connectivity index (χ4v) is 2.30. The molecule has 1 amide bonds. The Labute approximate surface area is 141 Å². The van der Waals surface area contributed by atoms with E-state index in [4.69, 9.17) is 0 Å². The molecule has 2 rings (SSSR count). The van der Waals surface area contributed by atoms with Crippen LogP contribution in [0.4, 0.5) is 4.39 Å². The van der Waals surface area contributed by atoms with Crippen molar-refractivity contribution in [2.75, 3.05) is 13.2 Å². The normalized spacial score (nSPS) is 12.7. The van der Waals surface area contributed by atoms with Crippen LogP contribution in [0.3, 0.4) is 0 Å². The van der Waals surface area contributed by atoms with Gasteiger partial charge in [-0.25, -0.2) is 4.39 Å². The van der Waals surface area contributed by atoms with Gasteiger partial charge in [-0.1, -0.05) is 18.2 Å². The zero-order valence-electron chi connectivity index (χ0n) is 13.6. The Bertz CT molecular complexity index is 684. The van der Waals surface area contributed by atoms with Crippen molar-refractivity contribution in [1.29, 1.82) is 0 Å². The van der Waals surface area contributed by atoms with Crippen molar-refractivity contribution in [1.82, 2.24) is 10.3 Å². The lowest BCUT2D eigenvalue weighted by Crippen LogP contribution is -2.31. The van der Waals surface area contributed by atoms with E-state index in [0.717, 1.165) is 16.8 Å². The van der Waals surface area contributed by atoms with Crippen molar-refractivity contribution < 1.29 is 14.3 Å². The van der Waals surface area contributed by atoms with Crippen LogP contribution in [0.1, 0.15) is 18.2 Å². The third kappa shape index (κ3) is 5.59. The van der Waals surface area contributed by atoms with Crippen LogP contribution in [0, 0.1) is 11.7 Å². The van der Waals surface area contributed by atoms with E-state index in [-0.39, 0.29) is 24.2 Å². The Morgan fingerprint density at radius 2 is 2.04 bits per heavy atom. The molecule has 0 aliphatic heterocycles. The van der Waals surface area contributed by atoms with E-state index in [1.165, 1.54) is 18.2 Å². The fraction of sp³-hybridized carbons (Fsp3) is 0.263. The number of aromatic nitrogens is 1. The zero-order valence-corrected chi connectivity index (χ0v) is 13.6. The van der Waals surface area contributed by atoms with Gasteiger partial charge in [-0.3, -0.25) is 9.78 Å². The molecule has 0 fully saturated rings. The standard InChI is InChI=1S/C19H21FN2O2/c1-14(16-5-7-17(20)8-6-16)10-19(24)22-12-15(13-23)11-18-4-2-3-9-21-18/h2-10,15,23H,11-13H2,1H3,(H,22,24)/b14-10-. The minimum absolute atomic E-state index is 0.0302. The predicted molar refractivity (Wildman–Crippen MR) is 91.6 cm³/mol. The highest BCUT2D eigenvalue weighted by Crippen LogP contribution is 2.14. The number of benzene rings is 1. The first-order valence-electron chi connectivity index (χ1n) is 7.81. The average Bonchev–Trinajstić information content (AvgIpc) is 2.60. The van der Waals surface area contributed by atoms with Crippen molar-refractivity contribution in [2.24, 2.45) is 5.92 Å². The number of amides is 1. The maximum absolute atomic E-state index is 12.9. The number of halogens is 1. The minimum atomic E-state index is -0.309. The third-order valence-electron chi connectivity index (χ3n) is 3.69. The van der Waals surface area contributed by atoms with Crippen molar-refractivity contribution in [3.63, 3.8) is 0 Å². The van der Waals surface area contributed by atoms with Gasteiger partial charge in [0.2, 0.25) is 5.91 Å². The van der Waals surface area contributed by atoms with E-state index >= 15 is 0 Å². The van der Waals surface area contributed by atoms with E-state index in [9.17, 15) is 14.3 Å². The number of rotatable bonds is 7. The molecule has 24 heavy (non-hydrogen) atoms.